The zero-order valence-corrected chi connectivity index (χ0v) is 8.28. The van der Waals surface area contributed by atoms with Crippen molar-refractivity contribution in [1.29, 1.82) is 0 Å². The highest BCUT2D eigenvalue weighted by Crippen LogP contribution is 2.27. The summed E-state index contributed by atoms with van der Waals surface area (Å²) in [6.45, 7) is 0. The molecule has 15 heavy (non-hydrogen) atoms. The average molecular weight is 225 g/mol. The van der Waals surface area contributed by atoms with Gasteiger partial charge in [0.15, 0.2) is 0 Å². The maximum absolute atomic E-state index is 12.7. The van der Waals surface area contributed by atoms with E-state index in [9.17, 15) is 4.39 Å². The van der Waals surface area contributed by atoms with Crippen molar-refractivity contribution < 1.29 is 9.13 Å². The second kappa shape index (κ2) is 4.23. The molecule has 1 heterocycles. The normalized spacial score (nSPS) is 10.0. The molecule has 0 aliphatic heterocycles. The molecule has 0 amide bonds. The Morgan fingerprint density at radius 1 is 1.20 bits per heavy atom. The van der Waals surface area contributed by atoms with Gasteiger partial charge in [0.05, 0.1) is 5.02 Å². The van der Waals surface area contributed by atoms with Gasteiger partial charge in [-0.2, -0.15) is 0 Å². The zero-order valence-electron chi connectivity index (χ0n) is 7.52. The first-order valence-electron chi connectivity index (χ1n) is 4.15. The van der Waals surface area contributed by atoms with Crippen molar-refractivity contribution in [2.75, 3.05) is 0 Å². The molecule has 2 rings (SSSR count). The molecule has 0 bridgehead atoms. The summed E-state index contributed by atoms with van der Waals surface area (Å²) in [4.78, 5) is 7.70. The van der Waals surface area contributed by atoms with E-state index in [1.165, 1.54) is 18.2 Å². The Morgan fingerprint density at radius 3 is 2.60 bits per heavy atom. The number of halogens is 2. The van der Waals surface area contributed by atoms with Crippen molar-refractivity contribution >= 4 is 11.6 Å². The summed E-state index contributed by atoms with van der Waals surface area (Å²) in [5.74, 6) is -0.0920. The SMILES string of the molecule is Fc1ccc(Oc2ncccn2)c(Cl)c1. The van der Waals surface area contributed by atoms with Gasteiger partial charge in [0.25, 0.3) is 0 Å². The minimum Gasteiger partial charge on any atom is -0.423 e. The predicted octanol–water partition coefficient (Wildman–Crippen LogP) is 3.06. The number of benzene rings is 1. The third-order valence-electron chi connectivity index (χ3n) is 1.64. The van der Waals surface area contributed by atoms with E-state index in [-0.39, 0.29) is 11.0 Å². The minimum absolute atomic E-state index is 0.172. The molecule has 1 aromatic heterocycles. The van der Waals surface area contributed by atoms with Crippen molar-refractivity contribution in [3.63, 3.8) is 0 Å². The lowest BCUT2D eigenvalue weighted by atomic mass is 10.3. The smallest absolute Gasteiger partial charge is 0.321 e. The van der Waals surface area contributed by atoms with E-state index < -0.39 is 5.82 Å². The quantitative estimate of drug-likeness (QED) is 0.786. The van der Waals surface area contributed by atoms with Crippen molar-refractivity contribution in [3.8, 4) is 11.8 Å². The van der Waals surface area contributed by atoms with E-state index in [2.05, 4.69) is 9.97 Å². The number of rotatable bonds is 2. The summed E-state index contributed by atoms with van der Waals surface area (Å²) >= 11 is 5.76. The molecule has 0 unspecified atom stereocenters. The van der Waals surface area contributed by atoms with Gasteiger partial charge in [-0.15, -0.1) is 0 Å². The molecule has 0 aliphatic rings. The lowest BCUT2D eigenvalue weighted by molar-refractivity contribution is 0.440. The van der Waals surface area contributed by atoms with Gasteiger partial charge in [0.1, 0.15) is 11.6 Å². The fourth-order valence-corrected chi connectivity index (χ4v) is 1.20. The Balaban J connectivity index is 2.25. The summed E-state index contributed by atoms with van der Waals surface area (Å²) in [6.07, 6.45) is 3.08. The Hall–Kier alpha value is -1.68. The van der Waals surface area contributed by atoms with Gasteiger partial charge in [0.2, 0.25) is 0 Å². The number of nitrogens with zero attached hydrogens (tertiary/aromatic N) is 2. The fraction of sp³-hybridized carbons (Fsp3) is 0. The second-order valence-electron chi connectivity index (χ2n) is 2.71. The monoisotopic (exact) mass is 224 g/mol. The standard InChI is InChI=1S/C10H6ClFN2O/c11-8-6-7(12)2-3-9(8)15-10-13-4-1-5-14-10/h1-6H. The summed E-state index contributed by atoms with van der Waals surface area (Å²) in [6, 6.07) is 5.68. The highest BCUT2D eigenvalue weighted by Gasteiger charge is 2.05. The van der Waals surface area contributed by atoms with Crippen molar-refractivity contribution in [2.24, 2.45) is 0 Å². The molecule has 0 aliphatic carbocycles. The first-order chi connectivity index (χ1) is 7.25. The number of aromatic nitrogens is 2. The zero-order chi connectivity index (χ0) is 10.7. The lowest BCUT2D eigenvalue weighted by Gasteiger charge is -2.04. The van der Waals surface area contributed by atoms with Crippen LogP contribution in [0.1, 0.15) is 0 Å². The number of hydrogen-bond acceptors (Lipinski definition) is 3. The van der Waals surface area contributed by atoms with Crippen molar-refractivity contribution in [3.05, 3.63) is 47.5 Å². The molecular formula is C10H6ClFN2O. The van der Waals surface area contributed by atoms with Crippen LogP contribution in [-0.2, 0) is 0 Å². The van der Waals surface area contributed by atoms with E-state index in [0.717, 1.165) is 0 Å². The molecule has 0 spiro atoms. The van der Waals surface area contributed by atoms with E-state index in [1.807, 2.05) is 0 Å². The molecule has 0 N–H and O–H groups in total. The molecule has 76 valence electrons. The van der Waals surface area contributed by atoms with Crippen LogP contribution in [0.3, 0.4) is 0 Å². The van der Waals surface area contributed by atoms with E-state index in [1.54, 1.807) is 18.5 Å². The average Bonchev–Trinajstić information content (AvgIpc) is 2.24. The van der Waals surface area contributed by atoms with Gasteiger partial charge < -0.3 is 4.74 Å². The van der Waals surface area contributed by atoms with Crippen LogP contribution in [0.25, 0.3) is 0 Å². The van der Waals surface area contributed by atoms with Gasteiger partial charge in [-0.05, 0) is 24.3 Å². The molecule has 5 heteroatoms. The predicted molar refractivity (Wildman–Crippen MR) is 53.5 cm³/mol. The number of hydrogen-bond donors (Lipinski definition) is 0. The van der Waals surface area contributed by atoms with Crippen molar-refractivity contribution in [1.82, 2.24) is 9.97 Å². The largest absolute Gasteiger partial charge is 0.423 e. The maximum atomic E-state index is 12.7. The third kappa shape index (κ3) is 2.41. The van der Waals surface area contributed by atoms with Gasteiger partial charge in [-0.3, -0.25) is 0 Å². The van der Waals surface area contributed by atoms with Gasteiger partial charge in [0, 0.05) is 12.4 Å². The van der Waals surface area contributed by atoms with E-state index in [0.29, 0.717) is 5.75 Å². The molecule has 2 aromatic rings. The Morgan fingerprint density at radius 2 is 1.93 bits per heavy atom. The van der Waals surface area contributed by atoms with Crippen LogP contribution in [0, 0.1) is 5.82 Å². The van der Waals surface area contributed by atoms with Crippen LogP contribution in [0.15, 0.2) is 36.7 Å². The Bertz CT molecular complexity index is 464. The van der Waals surface area contributed by atoms with Crippen LogP contribution in [-0.4, -0.2) is 9.97 Å². The summed E-state index contributed by atoms with van der Waals surface area (Å²) in [5.41, 5.74) is 0. The third-order valence-corrected chi connectivity index (χ3v) is 1.93. The van der Waals surface area contributed by atoms with Crippen LogP contribution >= 0.6 is 11.6 Å². The molecule has 0 saturated heterocycles. The maximum Gasteiger partial charge on any atom is 0.321 e. The van der Waals surface area contributed by atoms with E-state index >= 15 is 0 Å². The van der Waals surface area contributed by atoms with Gasteiger partial charge in [-0.1, -0.05) is 11.6 Å². The van der Waals surface area contributed by atoms with Crippen molar-refractivity contribution in [2.45, 2.75) is 0 Å². The molecule has 0 radical (unpaired) electrons. The van der Waals surface area contributed by atoms with Crippen LogP contribution < -0.4 is 4.74 Å². The van der Waals surface area contributed by atoms with E-state index in [4.69, 9.17) is 16.3 Å². The number of ether oxygens (including phenoxy) is 1. The summed E-state index contributed by atoms with van der Waals surface area (Å²) in [7, 11) is 0. The first kappa shape index (κ1) is 9.86. The summed E-state index contributed by atoms with van der Waals surface area (Å²) in [5, 5.41) is 0.183. The fourth-order valence-electron chi connectivity index (χ4n) is 0.994. The molecule has 0 atom stereocenters. The Kier molecular flexibility index (Phi) is 2.78. The van der Waals surface area contributed by atoms with Gasteiger partial charge in [-0.25, -0.2) is 14.4 Å². The highest BCUT2D eigenvalue weighted by molar-refractivity contribution is 6.32. The molecular weight excluding hydrogens is 219 g/mol. The lowest BCUT2D eigenvalue weighted by Crippen LogP contribution is -1.91. The minimum atomic E-state index is -0.415. The first-order valence-corrected chi connectivity index (χ1v) is 4.53. The second-order valence-corrected chi connectivity index (χ2v) is 3.12. The Labute approximate surface area is 90.5 Å². The van der Waals surface area contributed by atoms with Crippen LogP contribution in [0.4, 0.5) is 4.39 Å². The van der Waals surface area contributed by atoms with Crippen LogP contribution in [0.2, 0.25) is 5.02 Å². The highest BCUT2D eigenvalue weighted by atomic mass is 35.5. The topological polar surface area (TPSA) is 35.0 Å². The molecule has 0 saturated carbocycles. The molecule has 1 aromatic carbocycles. The van der Waals surface area contributed by atoms with Crippen LogP contribution in [0.5, 0.6) is 11.8 Å². The van der Waals surface area contributed by atoms with Gasteiger partial charge >= 0.3 is 6.01 Å². The summed E-state index contributed by atoms with van der Waals surface area (Å²) < 4.78 is 18.0. The molecule has 0 fully saturated rings. The molecule has 3 nitrogen and oxygen atoms in total.